The Kier molecular flexibility index (Phi) is 5.81. The summed E-state index contributed by atoms with van der Waals surface area (Å²) in [6, 6.07) is 10.2. The first-order valence-corrected chi connectivity index (χ1v) is 7.57. The molecule has 2 rings (SSSR count). The Labute approximate surface area is 126 Å². The van der Waals surface area contributed by atoms with Gasteiger partial charge in [-0.15, -0.1) is 0 Å². The van der Waals surface area contributed by atoms with Gasteiger partial charge in [0.2, 0.25) is 0 Å². The molecule has 21 heavy (non-hydrogen) atoms. The fourth-order valence-electron chi connectivity index (χ4n) is 2.59. The zero-order valence-corrected chi connectivity index (χ0v) is 12.5. The van der Waals surface area contributed by atoms with Crippen LogP contribution in [0.5, 0.6) is 0 Å². The van der Waals surface area contributed by atoms with Crippen molar-refractivity contribution >= 4 is 6.03 Å². The summed E-state index contributed by atoms with van der Waals surface area (Å²) in [5.41, 5.74) is 1.30. The third kappa shape index (κ3) is 4.90. The van der Waals surface area contributed by atoms with Crippen LogP contribution < -0.4 is 10.6 Å². The second kappa shape index (κ2) is 7.84. The Hall–Kier alpha value is -1.81. The van der Waals surface area contributed by atoms with Crippen molar-refractivity contribution in [3.63, 3.8) is 0 Å². The molecular weight excluding hydrogens is 264 g/mol. The van der Waals surface area contributed by atoms with Crippen molar-refractivity contribution in [3.05, 3.63) is 48.0 Å². The maximum Gasteiger partial charge on any atom is 0.315 e. The molecule has 4 heteroatoms. The highest BCUT2D eigenvalue weighted by Crippen LogP contribution is 2.18. The monoisotopic (exact) mass is 288 g/mol. The summed E-state index contributed by atoms with van der Waals surface area (Å²) in [6.07, 6.45) is 5.61. The molecule has 0 fully saturated rings. The van der Waals surface area contributed by atoms with Gasteiger partial charge in [0.05, 0.1) is 0 Å². The fourth-order valence-corrected chi connectivity index (χ4v) is 2.59. The summed E-state index contributed by atoms with van der Waals surface area (Å²) in [5.74, 6) is 0.602. The first kappa shape index (κ1) is 15.6. The van der Waals surface area contributed by atoms with Crippen molar-refractivity contribution in [2.45, 2.75) is 31.7 Å². The average Bonchev–Trinajstić information content (AvgIpc) is 2.95. The molecule has 0 aliphatic heterocycles. The summed E-state index contributed by atoms with van der Waals surface area (Å²) in [5, 5.41) is 14.9. The Morgan fingerprint density at radius 2 is 2.10 bits per heavy atom. The van der Waals surface area contributed by atoms with E-state index in [0.29, 0.717) is 12.5 Å². The van der Waals surface area contributed by atoms with E-state index in [4.69, 9.17) is 5.11 Å². The lowest BCUT2D eigenvalue weighted by atomic mass is 9.98. The van der Waals surface area contributed by atoms with Crippen LogP contribution in [-0.2, 0) is 0 Å². The highest BCUT2D eigenvalue weighted by atomic mass is 16.3. The molecule has 4 nitrogen and oxygen atoms in total. The number of benzene rings is 1. The molecule has 2 amide bonds. The molecule has 0 radical (unpaired) electrons. The van der Waals surface area contributed by atoms with Crippen molar-refractivity contribution in [2.24, 2.45) is 5.92 Å². The molecular formula is C17H24N2O2. The van der Waals surface area contributed by atoms with Crippen LogP contribution in [0.25, 0.3) is 0 Å². The maximum atomic E-state index is 11.8. The minimum Gasteiger partial charge on any atom is -0.396 e. The van der Waals surface area contributed by atoms with Crippen molar-refractivity contribution in [2.75, 3.05) is 13.2 Å². The second-order valence-electron chi connectivity index (χ2n) is 5.67. The summed E-state index contributed by atoms with van der Waals surface area (Å²) in [7, 11) is 0. The minimum atomic E-state index is -0.136. The Morgan fingerprint density at radius 3 is 2.76 bits per heavy atom. The van der Waals surface area contributed by atoms with Gasteiger partial charge in [-0.3, -0.25) is 0 Å². The van der Waals surface area contributed by atoms with E-state index in [9.17, 15) is 4.79 Å². The van der Waals surface area contributed by atoms with Gasteiger partial charge in [-0.25, -0.2) is 4.79 Å². The van der Waals surface area contributed by atoms with Gasteiger partial charge in [-0.1, -0.05) is 49.4 Å². The molecule has 114 valence electrons. The van der Waals surface area contributed by atoms with Crippen LogP contribution in [0, 0.1) is 5.92 Å². The normalized spacial score (nSPS) is 22.0. The molecule has 0 bridgehead atoms. The predicted molar refractivity (Wildman–Crippen MR) is 84.1 cm³/mol. The molecule has 3 atom stereocenters. The standard InChI is InChI=1S/C17H24N2O2/c1-13(15-5-3-2-4-6-15)9-10-18-17(21)19-16-8-7-14(11-16)12-20/h2-8,13-14,16,20H,9-12H2,1H3,(H2,18,19,21)/t13-,14-,16+/m0/s1. The van der Waals surface area contributed by atoms with E-state index in [1.807, 2.05) is 30.4 Å². The van der Waals surface area contributed by atoms with Crippen molar-refractivity contribution in [3.8, 4) is 0 Å². The van der Waals surface area contributed by atoms with Gasteiger partial charge in [0.25, 0.3) is 0 Å². The zero-order chi connectivity index (χ0) is 15.1. The van der Waals surface area contributed by atoms with Gasteiger partial charge in [0, 0.05) is 25.1 Å². The summed E-state index contributed by atoms with van der Waals surface area (Å²) in [4.78, 5) is 11.8. The molecule has 1 aliphatic rings. The molecule has 0 saturated carbocycles. The molecule has 1 aliphatic carbocycles. The largest absolute Gasteiger partial charge is 0.396 e. The number of urea groups is 1. The number of carbonyl (C=O) groups is 1. The summed E-state index contributed by atoms with van der Waals surface area (Å²) >= 11 is 0. The predicted octanol–water partition coefficient (Wildman–Crippen LogP) is 2.42. The van der Waals surface area contributed by atoms with E-state index in [1.54, 1.807) is 0 Å². The van der Waals surface area contributed by atoms with Crippen LogP contribution in [-0.4, -0.2) is 30.3 Å². The highest BCUT2D eigenvalue weighted by molar-refractivity contribution is 5.74. The highest BCUT2D eigenvalue weighted by Gasteiger charge is 2.19. The van der Waals surface area contributed by atoms with E-state index < -0.39 is 0 Å². The third-order valence-electron chi connectivity index (χ3n) is 3.95. The Morgan fingerprint density at radius 1 is 1.33 bits per heavy atom. The van der Waals surface area contributed by atoms with Gasteiger partial charge in [0.1, 0.15) is 0 Å². The number of aliphatic hydroxyl groups excluding tert-OH is 1. The third-order valence-corrected chi connectivity index (χ3v) is 3.95. The number of hydrogen-bond acceptors (Lipinski definition) is 2. The number of amides is 2. The van der Waals surface area contributed by atoms with Gasteiger partial charge in [0.15, 0.2) is 0 Å². The van der Waals surface area contributed by atoms with E-state index in [1.165, 1.54) is 5.56 Å². The van der Waals surface area contributed by atoms with Crippen LogP contribution in [0.2, 0.25) is 0 Å². The average molecular weight is 288 g/mol. The molecule has 1 aromatic rings. The van der Waals surface area contributed by atoms with Crippen LogP contribution in [0.4, 0.5) is 4.79 Å². The van der Waals surface area contributed by atoms with Crippen molar-refractivity contribution in [1.29, 1.82) is 0 Å². The zero-order valence-electron chi connectivity index (χ0n) is 12.5. The van der Waals surface area contributed by atoms with Crippen molar-refractivity contribution in [1.82, 2.24) is 10.6 Å². The van der Waals surface area contributed by atoms with Crippen LogP contribution >= 0.6 is 0 Å². The molecule has 0 spiro atoms. The number of aliphatic hydroxyl groups is 1. The summed E-state index contributed by atoms with van der Waals surface area (Å²) in [6.45, 7) is 2.97. The lowest BCUT2D eigenvalue weighted by Gasteiger charge is -2.15. The first-order valence-electron chi connectivity index (χ1n) is 7.57. The van der Waals surface area contributed by atoms with Gasteiger partial charge in [-0.2, -0.15) is 0 Å². The van der Waals surface area contributed by atoms with E-state index >= 15 is 0 Å². The quantitative estimate of drug-likeness (QED) is 0.704. The van der Waals surface area contributed by atoms with Gasteiger partial charge >= 0.3 is 6.03 Å². The molecule has 0 unspecified atom stereocenters. The van der Waals surface area contributed by atoms with Crippen LogP contribution in [0.1, 0.15) is 31.2 Å². The molecule has 1 aromatic carbocycles. The maximum absolute atomic E-state index is 11.8. The van der Waals surface area contributed by atoms with E-state index in [2.05, 4.69) is 29.7 Å². The van der Waals surface area contributed by atoms with Crippen molar-refractivity contribution < 1.29 is 9.90 Å². The van der Waals surface area contributed by atoms with Gasteiger partial charge in [-0.05, 0) is 24.3 Å². The number of hydrogen-bond donors (Lipinski definition) is 3. The number of rotatable bonds is 6. The van der Waals surface area contributed by atoms with E-state index in [0.717, 1.165) is 12.8 Å². The first-order chi connectivity index (χ1) is 10.2. The summed E-state index contributed by atoms with van der Waals surface area (Å²) < 4.78 is 0. The Bertz CT molecular complexity index is 473. The van der Waals surface area contributed by atoms with Crippen LogP contribution in [0.15, 0.2) is 42.5 Å². The lowest BCUT2D eigenvalue weighted by Crippen LogP contribution is -2.41. The fraction of sp³-hybridized carbons (Fsp3) is 0.471. The number of carbonyl (C=O) groups excluding carboxylic acids is 1. The number of nitrogens with one attached hydrogen (secondary N) is 2. The minimum absolute atomic E-state index is 0.0358. The molecule has 3 N–H and O–H groups in total. The van der Waals surface area contributed by atoms with Crippen LogP contribution in [0.3, 0.4) is 0 Å². The SMILES string of the molecule is C[C@@H](CCNC(=O)N[C@@H]1C=C[C@H](CO)C1)c1ccccc1. The molecule has 0 aromatic heterocycles. The molecule has 0 heterocycles. The lowest BCUT2D eigenvalue weighted by molar-refractivity contribution is 0.231. The van der Waals surface area contributed by atoms with E-state index in [-0.39, 0.29) is 24.6 Å². The smallest absolute Gasteiger partial charge is 0.315 e. The van der Waals surface area contributed by atoms with Gasteiger partial charge < -0.3 is 15.7 Å². The Balaban J connectivity index is 1.65. The topological polar surface area (TPSA) is 61.4 Å². The second-order valence-corrected chi connectivity index (χ2v) is 5.67. The molecule has 0 saturated heterocycles.